The average Bonchev–Trinajstić information content (AvgIpc) is 3.29. The minimum Gasteiger partial charge on any atom is -0.497 e. The third-order valence-corrected chi connectivity index (χ3v) is 8.03. The summed E-state index contributed by atoms with van der Waals surface area (Å²) in [6.07, 6.45) is 7.28. The fourth-order valence-corrected chi connectivity index (χ4v) is 5.91. The topological polar surface area (TPSA) is 67.6 Å². The standard InChI is InChI=1S/C27H34FN3O3S/c1-30-13-10-21(17-30)35-15-3-12-31-14-9-19(24(18-31)27(32)33)4-6-25(28)22-8-11-29-26-7-5-20(34-2)16-23(22)26/h5,7-8,10-11,13,16-17,19,24-25H,3-4,6,9,12,14-15,18H2,1-2H3,(H,32,33)/t19-,24+,25+/m1/s1. The van der Waals surface area contributed by atoms with Crippen molar-refractivity contribution in [3.63, 3.8) is 0 Å². The highest BCUT2D eigenvalue weighted by Crippen LogP contribution is 2.35. The van der Waals surface area contributed by atoms with Gasteiger partial charge >= 0.3 is 5.97 Å². The second-order valence-electron chi connectivity index (χ2n) is 9.34. The number of halogens is 1. The first-order valence-electron chi connectivity index (χ1n) is 12.2. The molecule has 35 heavy (non-hydrogen) atoms. The van der Waals surface area contributed by atoms with Crippen LogP contribution in [0.25, 0.3) is 10.9 Å². The molecule has 0 aliphatic carbocycles. The third-order valence-electron chi connectivity index (χ3n) is 6.96. The SMILES string of the molecule is COc1ccc2nccc([C@@H](F)CC[C@@H]3CCN(CCCSc4ccn(C)c4)C[C@@H]3C(=O)O)c2c1. The van der Waals surface area contributed by atoms with E-state index in [1.54, 1.807) is 19.4 Å². The fraction of sp³-hybridized carbons (Fsp3) is 0.481. The fourth-order valence-electron chi connectivity index (χ4n) is 5.00. The Hall–Kier alpha value is -2.58. The zero-order valence-electron chi connectivity index (χ0n) is 20.4. The van der Waals surface area contributed by atoms with E-state index in [1.807, 2.05) is 47.8 Å². The second kappa shape index (κ2) is 11.9. The lowest BCUT2D eigenvalue weighted by Crippen LogP contribution is -2.44. The van der Waals surface area contributed by atoms with Gasteiger partial charge in [-0.05, 0) is 86.3 Å². The first kappa shape index (κ1) is 25.5. The summed E-state index contributed by atoms with van der Waals surface area (Å²) in [5.74, 6) is 0.443. The number of thioether (sulfide) groups is 1. The molecule has 2 aromatic heterocycles. The van der Waals surface area contributed by atoms with E-state index >= 15 is 4.39 Å². The van der Waals surface area contributed by atoms with Crippen LogP contribution >= 0.6 is 11.8 Å². The van der Waals surface area contributed by atoms with Crippen LogP contribution in [-0.4, -0.2) is 58.0 Å². The molecule has 3 atom stereocenters. The van der Waals surface area contributed by atoms with E-state index in [4.69, 9.17) is 4.74 Å². The molecule has 0 amide bonds. The lowest BCUT2D eigenvalue weighted by molar-refractivity contribution is -0.146. The van der Waals surface area contributed by atoms with Crippen molar-refractivity contribution in [2.75, 3.05) is 32.5 Å². The van der Waals surface area contributed by atoms with E-state index in [2.05, 4.69) is 22.1 Å². The molecular formula is C27H34FN3O3S. The van der Waals surface area contributed by atoms with Crippen LogP contribution in [0.2, 0.25) is 0 Å². The third kappa shape index (κ3) is 6.55. The highest BCUT2D eigenvalue weighted by atomic mass is 32.2. The quantitative estimate of drug-likeness (QED) is 0.275. The van der Waals surface area contributed by atoms with Gasteiger partial charge in [0, 0.05) is 42.5 Å². The zero-order valence-corrected chi connectivity index (χ0v) is 21.2. The number of alkyl halides is 1. The predicted octanol–water partition coefficient (Wildman–Crippen LogP) is 5.58. The lowest BCUT2D eigenvalue weighted by Gasteiger charge is -2.36. The Morgan fingerprint density at radius 2 is 2.20 bits per heavy atom. The minimum absolute atomic E-state index is 0.0108. The van der Waals surface area contributed by atoms with Gasteiger partial charge in [-0.3, -0.25) is 9.78 Å². The Kier molecular flexibility index (Phi) is 8.68. The highest BCUT2D eigenvalue weighted by Gasteiger charge is 2.34. The molecule has 3 aromatic rings. The molecule has 0 spiro atoms. The summed E-state index contributed by atoms with van der Waals surface area (Å²) in [5.41, 5.74) is 1.32. The van der Waals surface area contributed by atoms with Crippen molar-refractivity contribution in [3.8, 4) is 5.75 Å². The molecule has 1 saturated heterocycles. The number of carbonyl (C=O) groups is 1. The van der Waals surface area contributed by atoms with Crippen LogP contribution < -0.4 is 4.74 Å². The molecule has 6 nitrogen and oxygen atoms in total. The van der Waals surface area contributed by atoms with Crippen molar-refractivity contribution < 1.29 is 19.0 Å². The van der Waals surface area contributed by atoms with Crippen molar-refractivity contribution >= 4 is 28.6 Å². The number of ether oxygens (including phenoxy) is 1. The van der Waals surface area contributed by atoms with Gasteiger partial charge in [0.15, 0.2) is 0 Å². The summed E-state index contributed by atoms with van der Waals surface area (Å²) in [6.45, 7) is 2.31. The van der Waals surface area contributed by atoms with Crippen LogP contribution in [0.4, 0.5) is 4.39 Å². The number of aliphatic carboxylic acids is 1. The van der Waals surface area contributed by atoms with E-state index in [0.29, 0.717) is 30.7 Å². The molecule has 188 valence electrons. The predicted molar refractivity (Wildman–Crippen MR) is 138 cm³/mol. The van der Waals surface area contributed by atoms with Gasteiger partial charge in [0.1, 0.15) is 11.9 Å². The number of fused-ring (bicyclic) bond motifs is 1. The number of carboxylic acid groups (broad SMARTS) is 1. The Morgan fingerprint density at radius 3 is 2.94 bits per heavy atom. The highest BCUT2D eigenvalue weighted by molar-refractivity contribution is 7.99. The van der Waals surface area contributed by atoms with Gasteiger partial charge in [-0.15, -0.1) is 11.8 Å². The zero-order chi connectivity index (χ0) is 24.8. The first-order valence-corrected chi connectivity index (χ1v) is 13.2. The second-order valence-corrected chi connectivity index (χ2v) is 10.5. The number of hydrogen-bond acceptors (Lipinski definition) is 5. The van der Waals surface area contributed by atoms with Gasteiger partial charge in [-0.1, -0.05) is 0 Å². The minimum atomic E-state index is -1.17. The maximum absolute atomic E-state index is 15.4. The number of nitrogens with zero attached hydrogens (tertiary/aromatic N) is 3. The molecule has 0 saturated carbocycles. The number of methoxy groups -OCH3 is 1. The molecule has 4 rings (SSSR count). The van der Waals surface area contributed by atoms with Crippen LogP contribution in [-0.2, 0) is 11.8 Å². The largest absolute Gasteiger partial charge is 0.497 e. The van der Waals surface area contributed by atoms with Gasteiger partial charge in [-0.25, -0.2) is 4.39 Å². The molecule has 1 fully saturated rings. The molecule has 3 heterocycles. The van der Waals surface area contributed by atoms with Gasteiger partial charge in [0.2, 0.25) is 0 Å². The van der Waals surface area contributed by atoms with Gasteiger partial charge in [0.05, 0.1) is 18.5 Å². The van der Waals surface area contributed by atoms with Crippen molar-refractivity contribution in [1.82, 2.24) is 14.5 Å². The Labute approximate surface area is 210 Å². The lowest BCUT2D eigenvalue weighted by atomic mass is 9.81. The summed E-state index contributed by atoms with van der Waals surface area (Å²) < 4.78 is 22.7. The van der Waals surface area contributed by atoms with E-state index in [9.17, 15) is 9.90 Å². The Morgan fingerprint density at radius 1 is 1.34 bits per heavy atom. The molecular weight excluding hydrogens is 465 g/mol. The smallest absolute Gasteiger partial charge is 0.308 e. The summed E-state index contributed by atoms with van der Waals surface area (Å²) in [6, 6.07) is 9.30. The monoisotopic (exact) mass is 499 g/mol. The first-order chi connectivity index (χ1) is 16.9. The molecule has 0 unspecified atom stereocenters. The van der Waals surface area contributed by atoms with E-state index in [-0.39, 0.29) is 5.92 Å². The number of pyridine rings is 1. The molecule has 1 aliphatic heterocycles. The number of aryl methyl sites for hydroxylation is 1. The van der Waals surface area contributed by atoms with Crippen molar-refractivity contribution in [3.05, 3.63) is 54.5 Å². The van der Waals surface area contributed by atoms with Crippen molar-refractivity contribution in [2.45, 2.75) is 36.8 Å². The maximum Gasteiger partial charge on any atom is 0.308 e. The molecule has 1 aromatic carbocycles. The molecule has 1 aliphatic rings. The molecule has 8 heteroatoms. The van der Waals surface area contributed by atoms with Crippen LogP contribution in [0, 0.1) is 11.8 Å². The summed E-state index contributed by atoms with van der Waals surface area (Å²) in [7, 11) is 3.60. The van der Waals surface area contributed by atoms with Crippen molar-refractivity contribution in [1.29, 1.82) is 0 Å². The number of piperidine rings is 1. The van der Waals surface area contributed by atoms with Gasteiger partial charge in [0.25, 0.3) is 0 Å². The average molecular weight is 500 g/mol. The van der Waals surface area contributed by atoms with Crippen LogP contribution in [0.1, 0.15) is 37.4 Å². The molecule has 0 radical (unpaired) electrons. The van der Waals surface area contributed by atoms with E-state index in [1.165, 1.54) is 4.90 Å². The van der Waals surface area contributed by atoms with E-state index < -0.39 is 18.1 Å². The number of rotatable bonds is 11. The molecule has 0 bridgehead atoms. The van der Waals surface area contributed by atoms with Crippen molar-refractivity contribution in [2.24, 2.45) is 18.9 Å². The number of carboxylic acids is 1. The summed E-state index contributed by atoms with van der Waals surface area (Å²) >= 11 is 1.83. The van der Waals surface area contributed by atoms with Crippen LogP contribution in [0.5, 0.6) is 5.75 Å². The number of benzene rings is 1. The summed E-state index contributed by atoms with van der Waals surface area (Å²) in [5, 5.41) is 10.6. The van der Waals surface area contributed by atoms with Crippen LogP contribution in [0.15, 0.2) is 53.8 Å². The van der Waals surface area contributed by atoms with Crippen LogP contribution in [0.3, 0.4) is 0 Å². The normalized spacial score (nSPS) is 19.6. The number of aromatic nitrogens is 2. The van der Waals surface area contributed by atoms with E-state index in [0.717, 1.165) is 42.6 Å². The maximum atomic E-state index is 15.4. The molecule has 1 N–H and O–H groups in total. The Balaban J connectivity index is 1.30. The van der Waals surface area contributed by atoms with Gasteiger partial charge < -0.3 is 19.3 Å². The summed E-state index contributed by atoms with van der Waals surface area (Å²) in [4.78, 5) is 19.9. The Bertz CT molecular complexity index is 1140. The van der Waals surface area contributed by atoms with Gasteiger partial charge in [-0.2, -0.15) is 0 Å². The number of hydrogen-bond donors (Lipinski definition) is 1. The number of likely N-dealkylation sites (tertiary alicyclic amines) is 1.